The number of nitrogens with zero attached hydrogens (tertiary/aromatic N) is 1. The molecule has 9 nitrogen and oxygen atoms in total. The van der Waals surface area contributed by atoms with Crippen molar-refractivity contribution in [3.63, 3.8) is 0 Å². The zero-order valence-corrected chi connectivity index (χ0v) is 60.4. The monoisotopic (exact) mass is 1260 g/mol. The first-order valence-electron chi connectivity index (χ1n) is 38.7. The van der Waals surface area contributed by atoms with Crippen molar-refractivity contribution in [2.45, 2.75) is 405 Å². The van der Waals surface area contributed by atoms with Crippen LogP contribution in [0.3, 0.4) is 0 Å². The van der Waals surface area contributed by atoms with Crippen LogP contribution >= 0.6 is 7.82 Å². The second kappa shape index (κ2) is 69.6. The quantitative estimate of drug-likeness (QED) is 0.0195. The van der Waals surface area contributed by atoms with Crippen LogP contribution in [0.1, 0.15) is 399 Å². The maximum atomic E-state index is 12.9. The Morgan fingerprint density at radius 3 is 0.909 bits per heavy atom. The van der Waals surface area contributed by atoms with E-state index in [0.29, 0.717) is 17.4 Å². The van der Waals surface area contributed by atoms with Crippen molar-refractivity contribution in [3.05, 3.63) is 36.5 Å². The number of likely N-dealkylation sites (N-methyl/N-ethyl adjacent to an activating group) is 1. The molecule has 0 aromatic carbocycles. The molecule has 0 aliphatic rings. The van der Waals surface area contributed by atoms with E-state index in [-0.39, 0.29) is 32.0 Å². The summed E-state index contributed by atoms with van der Waals surface area (Å²) in [6, 6.07) is 0. The molecule has 0 rings (SSSR count). The molecular weight excluding hydrogens is 1110 g/mol. The Bertz CT molecular complexity index is 1580. The lowest BCUT2D eigenvalue weighted by Gasteiger charge is -2.28. The summed E-state index contributed by atoms with van der Waals surface area (Å²) in [5.41, 5.74) is 0. The van der Waals surface area contributed by atoms with Crippen LogP contribution in [0.25, 0.3) is 0 Å². The highest BCUT2D eigenvalue weighted by Crippen LogP contribution is 2.38. The summed E-state index contributed by atoms with van der Waals surface area (Å²) >= 11 is 0. The minimum Gasteiger partial charge on any atom is -0.756 e. The van der Waals surface area contributed by atoms with Crippen molar-refractivity contribution in [1.29, 1.82) is 0 Å². The lowest BCUT2D eigenvalue weighted by Crippen LogP contribution is -2.37. The van der Waals surface area contributed by atoms with Crippen LogP contribution in [0.5, 0.6) is 0 Å². The first-order valence-corrected chi connectivity index (χ1v) is 40.2. The molecule has 0 spiro atoms. The number of quaternary nitrogens is 1. The lowest BCUT2D eigenvalue weighted by molar-refractivity contribution is -0.870. The van der Waals surface area contributed by atoms with Gasteiger partial charge in [0.2, 0.25) is 0 Å². The van der Waals surface area contributed by atoms with Gasteiger partial charge in [-0.15, -0.1) is 0 Å². The number of carbonyl (C=O) groups excluding carboxylic acids is 2. The third-order valence-electron chi connectivity index (χ3n) is 17.7. The highest BCUT2D eigenvalue weighted by atomic mass is 31.2. The Kier molecular flexibility index (Phi) is 68.2. The van der Waals surface area contributed by atoms with E-state index in [2.05, 4.69) is 50.3 Å². The topological polar surface area (TPSA) is 111 Å². The maximum Gasteiger partial charge on any atom is 0.306 e. The first-order chi connectivity index (χ1) is 43.0. The van der Waals surface area contributed by atoms with Gasteiger partial charge in [-0.05, 0) is 51.4 Å². The van der Waals surface area contributed by atoms with Gasteiger partial charge >= 0.3 is 11.9 Å². The minimum absolute atomic E-state index is 0.0291. The second-order valence-electron chi connectivity index (χ2n) is 27.7. The van der Waals surface area contributed by atoms with Gasteiger partial charge in [-0.1, -0.05) is 371 Å². The number of hydrogen-bond acceptors (Lipinski definition) is 8. The van der Waals surface area contributed by atoms with Gasteiger partial charge < -0.3 is 27.9 Å². The Labute approximate surface area is 548 Å². The van der Waals surface area contributed by atoms with E-state index in [9.17, 15) is 19.0 Å². The van der Waals surface area contributed by atoms with Crippen LogP contribution in [0, 0.1) is 0 Å². The normalized spacial score (nSPS) is 13.2. The molecule has 0 saturated heterocycles. The largest absolute Gasteiger partial charge is 0.756 e. The molecule has 0 fully saturated rings. The van der Waals surface area contributed by atoms with Crippen molar-refractivity contribution in [3.8, 4) is 0 Å². The molecule has 0 bridgehead atoms. The SMILES string of the molecule is CCCCCCC/C=C\C/C=C\C/C=C\CCCCCCCCCCCCCCC(=O)OC(COC(=O)CCCCCCCCCCCCCCCCCCCCCCCCCCCCCCCCCCCCCCC)COP(=O)([O-])OCC[N+](C)(C)C. The summed E-state index contributed by atoms with van der Waals surface area (Å²) in [6.07, 6.45) is 89.8. The molecule has 0 aromatic heterocycles. The van der Waals surface area contributed by atoms with E-state index in [1.54, 1.807) is 0 Å². The predicted octanol–water partition coefficient (Wildman–Crippen LogP) is 24.8. The maximum absolute atomic E-state index is 12.9. The van der Waals surface area contributed by atoms with Gasteiger partial charge in [-0.3, -0.25) is 14.2 Å². The van der Waals surface area contributed by atoms with Gasteiger partial charge in [-0.25, -0.2) is 0 Å². The molecule has 2 unspecified atom stereocenters. The number of phosphoric ester groups is 1. The molecule has 0 aromatic rings. The fraction of sp³-hybridized carbons (Fsp3) is 0.897. The third kappa shape index (κ3) is 73.3. The molecule has 520 valence electrons. The Morgan fingerprint density at radius 2 is 0.614 bits per heavy atom. The van der Waals surface area contributed by atoms with E-state index >= 15 is 0 Å². The summed E-state index contributed by atoms with van der Waals surface area (Å²) in [4.78, 5) is 38.1. The molecule has 2 atom stereocenters. The summed E-state index contributed by atoms with van der Waals surface area (Å²) in [5.74, 6) is -0.814. The molecular formula is C78H150NO8P. The van der Waals surface area contributed by atoms with Crippen LogP contribution < -0.4 is 4.89 Å². The molecule has 0 heterocycles. The van der Waals surface area contributed by atoms with E-state index in [0.717, 1.165) is 51.4 Å². The van der Waals surface area contributed by atoms with Crippen molar-refractivity contribution in [2.75, 3.05) is 47.5 Å². The summed E-state index contributed by atoms with van der Waals surface area (Å²) in [7, 11) is 1.18. The summed E-state index contributed by atoms with van der Waals surface area (Å²) in [6.45, 7) is 4.30. The molecule has 0 aliphatic heterocycles. The second-order valence-corrected chi connectivity index (χ2v) is 29.1. The Morgan fingerprint density at radius 1 is 0.352 bits per heavy atom. The first kappa shape index (κ1) is 86.2. The van der Waals surface area contributed by atoms with Crippen LogP contribution in [0.15, 0.2) is 36.5 Å². The number of ether oxygens (including phenoxy) is 2. The van der Waals surface area contributed by atoms with E-state index in [1.807, 2.05) is 21.1 Å². The van der Waals surface area contributed by atoms with Crippen molar-refractivity contribution >= 4 is 19.8 Å². The van der Waals surface area contributed by atoms with Crippen LogP contribution in [-0.4, -0.2) is 70.0 Å². The lowest BCUT2D eigenvalue weighted by atomic mass is 10.0. The van der Waals surface area contributed by atoms with Crippen molar-refractivity contribution in [2.24, 2.45) is 0 Å². The number of allylic oxidation sites excluding steroid dienone is 6. The number of esters is 2. The summed E-state index contributed by atoms with van der Waals surface area (Å²) < 4.78 is 34.4. The van der Waals surface area contributed by atoms with Crippen molar-refractivity contribution in [1.82, 2.24) is 0 Å². The average molecular weight is 1260 g/mol. The Hall–Kier alpha value is -1.77. The number of carbonyl (C=O) groups is 2. The van der Waals surface area contributed by atoms with E-state index in [4.69, 9.17) is 18.5 Å². The summed E-state index contributed by atoms with van der Waals surface area (Å²) in [5, 5.41) is 0. The van der Waals surface area contributed by atoms with E-state index < -0.39 is 26.5 Å². The van der Waals surface area contributed by atoms with Crippen LogP contribution in [0.4, 0.5) is 0 Å². The Balaban J connectivity index is 3.92. The fourth-order valence-electron chi connectivity index (χ4n) is 11.7. The number of phosphoric acid groups is 1. The third-order valence-corrected chi connectivity index (χ3v) is 18.6. The molecule has 0 N–H and O–H groups in total. The highest BCUT2D eigenvalue weighted by Gasteiger charge is 2.22. The number of hydrogen-bond donors (Lipinski definition) is 0. The smallest absolute Gasteiger partial charge is 0.306 e. The van der Waals surface area contributed by atoms with Crippen LogP contribution in [-0.2, 0) is 32.7 Å². The highest BCUT2D eigenvalue weighted by molar-refractivity contribution is 7.45. The molecule has 88 heavy (non-hydrogen) atoms. The van der Waals surface area contributed by atoms with Gasteiger partial charge in [0.05, 0.1) is 27.7 Å². The molecule has 0 saturated carbocycles. The minimum atomic E-state index is -4.64. The standard InChI is InChI=1S/C78H150NO8P/c1-6-8-10-12-14-16-18-20-22-24-26-28-30-32-34-35-36-37-38-39-40-41-42-43-45-46-48-50-52-54-56-58-60-62-64-66-68-70-77(80)84-74-76(75-86-88(82,83)85-73-72-79(3,4)5)87-78(81)71-69-67-65-63-61-59-57-55-53-51-49-47-44-33-31-29-27-25-23-21-19-17-15-13-11-9-7-2/h19,21,25,27,31,33,76H,6-18,20,22-24,26,28-30,32,34-75H2,1-5H3/b21-19-,27-25-,33-31-. The molecule has 0 aliphatic carbocycles. The molecule has 0 amide bonds. The van der Waals surface area contributed by atoms with Crippen LogP contribution in [0.2, 0.25) is 0 Å². The predicted molar refractivity (Wildman–Crippen MR) is 379 cm³/mol. The van der Waals surface area contributed by atoms with Crippen molar-refractivity contribution < 1.29 is 42.1 Å². The molecule has 10 heteroatoms. The zero-order valence-electron chi connectivity index (χ0n) is 59.5. The number of unbranched alkanes of at least 4 members (excludes halogenated alkanes) is 53. The van der Waals surface area contributed by atoms with E-state index in [1.165, 1.54) is 315 Å². The van der Waals surface area contributed by atoms with Gasteiger partial charge in [0.1, 0.15) is 19.8 Å². The zero-order chi connectivity index (χ0) is 64.1. The fourth-order valence-corrected chi connectivity index (χ4v) is 12.5. The van der Waals surface area contributed by atoms with Gasteiger partial charge in [0, 0.05) is 12.8 Å². The van der Waals surface area contributed by atoms with Gasteiger partial charge in [0.15, 0.2) is 6.10 Å². The molecule has 0 radical (unpaired) electrons. The van der Waals surface area contributed by atoms with Gasteiger partial charge in [0.25, 0.3) is 7.82 Å². The van der Waals surface area contributed by atoms with Gasteiger partial charge in [-0.2, -0.15) is 0 Å². The number of rotatable bonds is 73. The average Bonchev–Trinajstić information content (AvgIpc) is 3.60.